The van der Waals surface area contributed by atoms with Crippen molar-refractivity contribution >= 4 is 87.3 Å². The Labute approximate surface area is 426 Å². The van der Waals surface area contributed by atoms with Crippen molar-refractivity contribution in [2.45, 2.75) is 62.4 Å². The molecule has 0 atom stereocenters. The third-order valence-electron chi connectivity index (χ3n) is 9.48. The van der Waals surface area contributed by atoms with Crippen molar-refractivity contribution in [3.63, 3.8) is 0 Å². The first-order valence-corrected chi connectivity index (χ1v) is 26.5. The molecule has 372 valence electrons. The summed E-state index contributed by atoms with van der Waals surface area (Å²) in [5, 5.41) is 26.1. The summed E-state index contributed by atoms with van der Waals surface area (Å²) in [6.45, 7) is 10.6. The highest BCUT2D eigenvalue weighted by Crippen LogP contribution is 2.39. The quantitative estimate of drug-likeness (QED) is 0.0503. The lowest BCUT2D eigenvalue weighted by molar-refractivity contribution is -0.385. The molecule has 4 aromatic heterocycles. The van der Waals surface area contributed by atoms with Gasteiger partial charge in [0.25, 0.3) is 11.4 Å². The van der Waals surface area contributed by atoms with Crippen LogP contribution in [0.3, 0.4) is 0 Å². The third-order valence-corrected chi connectivity index (χ3v) is 16.0. The van der Waals surface area contributed by atoms with Gasteiger partial charge in [-0.05, 0) is 106 Å². The van der Waals surface area contributed by atoms with Crippen molar-refractivity contribution in [2.24, 2.45) is 14.1 Å². The average molecular weight is 1110 g/mol. The molecule has 4 aromatic carbocycles. The zero-order valence-electron chi connectivity index (χ0n) is 39.5. The average Bonchev–Trinajstić information content (AvgIpc) is 4.13. The maximum Gasteiger partial charge on any atom is 0.269 e. The van der Waals surface area contributed by atoms with Gasteiger partial charge in [0.05, 0.1) is 29.4 Å². The highest BCUT2D eigenvalue weighted by molar-refractivity contribution is 9.10. The normalized spacial score (nSPS) is 11.8. The van der Waals surface area contributed by atoms with E-state index in [1.807, 2.05) is 24.9 Å². The van der Waals surface area contributed by atoms with Crippen molar-refractivity contribution in [1.29, 1.82) is 0 Å². The first-order valence-electron chi connectivity index (χ1n) is 21.1. The summed E-state index contributed by atoms with van der Waals surface area (Å²) in [6.07, 6.45) is 10.2. The number of halogens is 1. The second kappa shape index (κ2) is 21.7. The van der Waals surface area contributed by atoms with Gasteiger partial charge >= 0.3 is 0 Å². The van der Waals surface area contributed by atoms with Crippen LogP contribution >= 0.6 is 38.6 Å². The molecule has 0 saturated heterocycles. The van der Waals surface area contributed by atoms with Crippen molar-refractivity contribution < 1.29 is 26.7 Å². The zero-order chi connectivity index (χ0) is 52.1. The number of non-ortho nitro benzene ring substituents is 2. The van der Waals surface area contributed by atoms with E-state index >= 15 is 0 Å². The summed E-state index contributed by atoms with van der Waals surface area (Å²) >= 11 is 5.82. The van der Waals surface area contributed by atoms with Gasteiger partial charge in [0.15, 0.2) is 4.73 Å². The molecule has 0 bridgehead atoms. The van der Waals surface area contributed by atoms with E-state index in [1.54, 1.807) is 132 Å². The molecule has 8 aromatic rings. The summed E-state index contributed by atoms with van der Waals surface area (Å²) in [7, 11) is -3.95. The van der Waals surface area contributed by atoms with Crippen LogP contribution in [0.4, 0.5) is 28.7 Å². The number of imidazole rings is 2. The van der Waals surface area contributed by atoms with Crippen LogP contribution in [0.15, 0.2) is 137 Å². The fraction of sp³-hybridized carbons (Fsp3) is 0.217. The number of hydrogen-bond donors (Lipinski definition) is 4. The predicted molar refractivity (Wildman–Crippen MR) is 281 cm³/mol. The first kappa shape index (κ1) is 53.6. The van der Waals surface area contributed by atoms with Crippen molar-refractivity contribution in [1.82, 2.24) is 38.5 Å². The lowest BCUT2D eigenvalue weighted by Crippen LogP contribution is -2.40. The summed E-state index contributed by atoms with van der Waals surface area (Å²) in [5.74, 6) is 0.572. The Bertz CT molecular complexity index is 3400. The SMILES string of the molecule is CC(C)(C)NS(=O)(=O)c1cc(N)ccc1-c1cnc(-c2ccc([N+](=O)[O-])cc2)s1.Cn1ccnc1Br.Cn1ccnc1Nc1ccc(-c2cnc(-c3ccc([N+](=O)[O-])cc3)s2)c(S(=O)(=O)NC(C)(C)C)c1. The number of nitrogens with one attached hydrogen (secondary N) is 3. The van der Waals surface area contributed by atoms with E-state index in [0.717, 1.165) is 4.73 Å². The third kappa shape index (κ3) is 14.2. The Hall–Kier alpha value is -6.74. The summed E-state index contributed by atoms with van der Waals surface area (Å²) in [4.78, 5) is 39.2. The number of benzene rings is 4. The van der Waals surface area contributed by atoms with Gasteiger partial charge in [-0.3, -0.25) is 20.2 Å². The molecule has 8 rings (SSSR count). The van der Waals surface area contributed by atoms with Gasteiger partial charge in [-0.25, -0.2) is 46.2 Å². The van der Waals surface area contributed by atoms with Crippen LogP contribution in [0.1, 0.15) is 41.5 Å². The van der Waals surface area contributed by atoms with Gasteiger partial charge in [0.1, 0.15) is 10.0 Å². The molecule has 0 aliphatic rings. The summed E-state index contributed by atoms with van der Waals surface area (Å²) in [6, 6.07) is 21.9. The van der Waals surface area contributed by atoms with Crippen LogP contribution in [0.25, 0.3) is 42.0 Å². The van der Waals surface area contributed by atoms with Crippen molar-refractivity contribution in [2.75, 3.05) is 11.1 Å². The molecular weight excluding hydrogens is 1060 g/mol. The number of nitro groups is 2. The highest BCUT2D eigenvalue weighted by atomic mass is 79.9. The standard InChI is InChI=1S/C23H24N6O4S2.C19H20N4O4S2.C4H5BrN2/c1-23(2,3)27-35(32,33)20-13-16(26-22-24-11-12-28(22)4)7-10-18(20)19-14-25-21(34-19)15-5-8-17(9-6-15)29(30)31;1-19(2,3)22-29(26,27)17-10-13(20)6-9-15(17)16-11-21-18(28-16)12-4-7-14(8-5-12)23(24)25;1-7-3-2-6-4(7)5/h5-14,27H,1-4H3,(H,24,26);4-11,22H,20H2,1-3H3;2-3H,1H3. The van der Waals surface area contributed by atoms with Crippen LogP contribution < -0.4 is 20.5 Å². The summed E-state index contributed by atoms with van der Waals surface area (Å²) in [5.41, 5.74) is 7.79. The number of nitrogens with two attached hydrogens (primary N) is 1. The highest BCUT2D eigenvalue weighted by Gasteiger charge is 2.28. The molecule has 20 nitrogen and oxygen atoms in total. The monoisotopic (exact) mass is 1100 g/mol. The smallest absolute Gasteiger partial charge is 0.269 e. The lowest BCUT2D eigenvalue weighted by atomic mass is 10.1. The second-order valence-electron chi connectivity index (χ2n) is 17.6. The molecule has 5 N–H and O–H groups in total. The Balaban J connectivity index is 0.000000207. The molecule has 0 radical (unpaired) electrons. The molecule has 71 heavy (non-hydrogen) atoms. The van der Waals surface area contributed by atoms with Crippen LogP contribution in [-0.2, 0) is 34.1 Å². The number of nitrogen functional groups attached to an aromatic ring is 1. The molecule has 0 unspecified atom stereocenters. The van der Waals surface area contributed by atoms with Crippen LogP contribution in [0.2, 0.25) is 0 Å². The lowest BCUT2D eigenvalue weighted by Gasteiger charge is -2.22. The van der Waals surface area contributed by atoms with E-state index in [-0.39, 0.29) is 21.2 Å². The molecule has 0 aliphatic heterocycles. The zero-order valence-corrected chi connectivity index (χ0v) is 44.3. The summed E-state index contributed by atoms with van der Waals surface area (Å²) < 4.78 is 62.6. The first-order chi connectivity index (χ1) is 33.2. The minimum absolute atomic E-state index is 0.00861. The maximum absolute atomic E-state index is 13.4. The molecular formula is C46H49BrN12O8S4. The Kier molecular flexibility index (Phi) is 16.4. The number of rotatable bonds is 12. The van der Waals surface area contributed by atoms with Crippen LogP contribution in [-0.4, -0.2) is 66.8 Å². The largest absolute Gasteiger partial charge is 0.399 e. The molecule has 0 fully saturated rings. The second-order valence-corrected chi connectivity index (χ2v) is 23.7. The Morgan fingerprint density at radius 2 is 1.06 bits per heavy atom. The molecule has 0 aliphatic carbocycles. The number of thiazole rings is 2. The van der Waals surface area contributed by atoms with Gasteiger partial charge in [-0.1, -0.05) is 12.1 Å². The number of aromatic nitrogens is 6. The fourth-order valence-corrected chi connectivity index (χ4v) is 12.0. The molecule has 0 spiro atoms. The van der Waals surface area contributed by atoms with E-state index in [1.165, 1.54) is 53.0 Å². The van der Waals surface area contributed by atoms with Crippen molar-refractivity contribution in [3.8, 4) is 42.0 Å². The van der Waals surface area contributed by atoms with Gasteiger partial charge in [0.2, 0.25) is 26.0 Å². The van der Waals surface area contributed by atoms with E-state index in [4.69, 9.17) is 5.73 Å². The maximum atomic E-state index is 13.4. The number of anilines is 3. The number of hydrogen-bond acceptors (Lipinski definition) is 16. The molecule has 25 heteroatoms. The van der Waals surface area contributed by atoms with E-state index < -0.39 is 41.0 Å². The van der Waals surface area contributed by atoms with Crippen LogP contribution in [0.5, 0.6) is 0 Å². The number of sulfonamides is 2. The van der Waals surface area contributed by atoms with Gasteiger partial charge in [-0.15, -0.1) is 22.7 Å². The number of nitrogens with zero attached hydrogens (tertiary/aromatic N) is 8. The van der Waals surface area contributed by atoms with Crippen molar-refractivity contribution in [3.05, 3.63) is 147 Å². The molecule has 0 amide bonds. The molecule has 4 heterocycles. The fourth-order valence-electron chi connectivity index (χ4n) is 6.39. The van der Waals surface area contributed by atoms with E-state index in [0.29, 0.717) is 59.3 Å². The minimum atomic E-state index is -3.89. The number of nitro benzene ring substituents is 2. The topological polar surface area (TPSA) is 278 Å². The predicted octanol–water partition coefficient (Wildman–Crippen LogP) is 10.2. The Morgan fingerprint density at radius 3 is 1.44 bits per heavy atom. The van der Waals surface area contributed by atoms with Gasteiger partial charge in [0, 0.05) is 120 Å². The minimum Gasteiger partial charge on any atom is -0.399 e. The number of aryl methyl sites for hydroxylation is 2. The van der Waals surface area contributed by atoms with Crippen LogP contribution in [0, 0.1) is 20.2 Å². The van der Waals surface area contributed by atoms with E-state index in [2.05, 4.69) is 50.6 Å². The van der Waals surface area contributed by atoms with Gasteiger partial charge < -0.3 is 20.2 Å². The molecule has 0 saturated carbocycles. The van der Waals surface area contributed by atoms with E-state index in [9.17, 15) is 37.1 Å². The Morgan fingerprint density at radius 1 is 0.620 bits per heavy atom. The van der Waals surface area contributed by atoms with Gasteiger partial charge in [-0.2, -0.15) is 0 Å².